The van der Waals surface area contributed by atoms with Crippen molar-refractivity contribution in [3.63, 3.8) is 0 Å². The summed E-state index contributed by atoms with van der Waals surface area (Å²) in [5.74, 6) is 0.661. The monoisotopic (exact) mass is 250 g/mol. The van der Waals surface area contributed by atoms with E-state index in [0.717, 1.165) is 16.7 Å². The van der Waals surface area contributed by atoms with Crippen LogP contribution in [-0.4, -0.2) is 40.0 Å². The van der Waals surface area contributed by atoms with Gasteiger partial charge in [0.2, 0.25) is 0 Å². The first-order valence-corrected chi connectivity index (χ1v) is 5.92. The fourth-order valence-corrected chi connectivity index (χ4v) is 2.24. The number of anilines is 1. The van der Waals surface area contributed by atoms with Gasteiger partial charge in [0.05, 0.1) is 24.8 Å². The van der Waals surface area contributed by atoms with Gasteiger partial charge in [-0.15, -0.1) is 0 Å². The van der Waals surface area contributed by atoms with E-state index in [1.165, 1.54) is 6.33 Å². The molecule has 2 atom stereocenters. The van der Waals surface area contributed by atoms with Crippen LogP contribution < -0.4 is 5.32 Å². The van der Waals surface area contributed by atoms with Crippen LogP contribution in [0.2, 0.25) is 0 Å². The van der Waals surface area contributed by atoms with Gasteiger partial charge in [-0.2, -0.15) is 0 Å². The summed E-state index contributed by atoms with van der Waals surface area (Å²) in [6.07, 6.45) is 0.504. The summed E-state index contributed by atoms with van der Waals surface area (Å²) in [5, 5.41) is 3.12. The van der Waals surface area contributed by atoms with E-state index < -0.39 is 6.17 Å². The van der Waals surface area contributed by atoms with Crippen molar-refractivity contribution in [2.45, 2.75) is 19.1 Å². The molecule has 1 N–H and O–H groups in total. The zero-order valence-corrected chi connectivity index (χ0v) is 10.4. The zero-order valence-electron chi connectivity index (χ0n) is 10.4. The van der Waals surface area contributed by atoms with Crippen molar-refractivity contribution < 1.29 is 9.13 Å². The Hall–Kier alpha value is -1.69. The number of nitrogens with one attached hydrogen (secondary N) is 1. The van der Waals surface area contributed by atoms with Crippen LogP contribution in [0, 0.1) is 6.92 Å². The van der Waals surface area contributed by atoms with Gasteiger partial charge in [-0.1, -0.05) is 0 Å². The third kappa shape index (κ3) is 1.73. The van der Waals surface area contributed by atoms with Crippen molar-refractivity contribution >= 4 is 16.9 Å². The molecule has 0 amide bonds. The topological polar surface area (TPSA) is 52.0 Å². The van der Waals surface area contributed by atoms with Gasteiger partial charge in [-0.25, -0.2) is 14.4 Å². The lowest BCUT2D eigenvalue weighted by molar-refractivity contribution is 0.173. The standard InChI is InChI=1S/C12H15FN4O/c1-7-3-9-11(17(7)2)12(15-6-14-9)16-10-5-18-4-8(10)13/h3,6,8,10H,4-5H2,1-2H3,(H,14,15,16). The molecule has 18 heavy (non-hydrogen) atoms. The van der Waals surface area contributed by atoms with Gasteiger partial charge >= 0.3 is 0 Å². The van der Waals surface area contributed by atoms with Crippen LogP contribution in [0.25, 0.3) is 11.0 Å². The molecule has 0 aromatic carbocycles. The average Bonchev–Trinajstić information content (AvgIpc) is 2.86. The van der Waals surface area contributed by atoms with E-state index in [1.54, 1.807) is 0 Å². The first-order valence-electron chi connectivity index (χ1n) is 5.92. The van der Waals surface area contributed by atoms with Gasteiger partial charge in [0, 0.05) is 12.7 Å². The predicted octanol–water partition coefficient (Wildman–Crippen LogP) is 1.43. The third-order valence-corrected chi connectivity index (χ3v) is 3.39. The van der Waals surface area contributed by atoms with Crippen molar-refractivity contribution in [1.29, 1.82) is 0 Å². The Morgan fingerprint density at radius 3 is 3.00 bits per heavy atom. The first kappa shape index (κ1) is 11.4. The maximum atomic E-state index is 13.5. The van der Waals surface area contributed by atoms with E-state index in [2.05, 4.69) is 15.3 Å². The molecular formula is C12H15FN4O. The van der Waals surface area contributed by atoms with Crippen LogP contribution in [0.1, 0.15) is 5.69 Å². The van der Waals surface area contributed by atoms with Crippen molar-refractivity contribution in [1.82, 2.24) is 14.5 Å². The molecule has 2 aromatic heterocycles. The molecule has 0 radical (unpaired) electrons. The van der Waals surface area contributed by atoms with Crippen LogP contribution in [0.4, 0.5) is 10.2 Å². The predicted molar refractivity (Wildman–Crippen MR) is 66.4 cm³/mol. The van der Waals surface area contributed by atoms with Crippen LogP contribution in [0.3, 0.4) is 0 Å². The van der Waals surface area contributed by atoms with E-state index in [9.17, 15) is 4.39 Å². The minimum atomic E-state index is -0.989. The maximum Gasteiger partial charge on any atom is 0.154 e. The third-order valence-electron chi connectivity index (χ3n) is 3.39. The Labute approximate surface area is 104 Å². The Bertz CT molecular complexity index is 583. The quantitative estimate of drug-likeness (QED) is 0.876. The lowest BCUT2D eigenvalue weighted by Crippen LogP contribution is -2.29. The Balaban J connectivity index is 2.01. The van der Waals surface area contributed by atoms with Crippen molar-refractivity contribution in [3.8, 4) is 0 Å². The number of aromatic nitrogens is 3. The van der Waals surface area contributed by atoms with Gasteiger partial charge < -0.3 is 14.6 Å². The highest BCUT2D eigenvalue weighted by atomic mass is 19.1. The Kier molecular flexibility index (Phi) is 2.66. The molecule has 0 aliphatic carbocycles. The molecule has 0 saturated carbocycles. The van der Waals surface area contributed by atoms with Crippen LogP contribution in [0.5, 0.6) is 0 Å². The molecule has 1 aliphatic heterocycles. The summed E-state index contributed by atoms with van der Waals surface area (Å²) in [6, 6.07) is 1.65. The average molecular weight is 250 g/mol. The van der Waals surface area contributed by atoms with E-state index in [1.807, 2.05) is 24.6 Å². The number of hydrogen-bond donors (Lipinski definition) is 1. The first-order chi connectivity index (χ1) is 8.66. The Morgan fingerprint density at radius 2 is 2.28 bits per heavy atom. The molecule has 2 aromatic rings. The molecule has 0 spiro atoms. The number of fused-ring (bicyclic) bond motifs is 1. The second kappa shape index (κ2) is 4.20. The number of hydrogen-bond acceptors (Lipinski definition) is 4. The Morgan fingerprint density at radius 1 is 1.44 bits per heavy atom. The van der Waals surface area contributed by atoms with E-state index in [-0.39, 0.29) is 12.6 Å². The number of halogens is 1. The molecule has 1 fully saturated rings. The lowest BCUT2D eigenvalue weighted by Gasteiger charge is -2.15. The van der Waals surface area contributed by atoms with Gasteiger partial charge in [0.15, 0.2) is 5.82 Å². The van der Waals surface area contributed by atoms with Crippen LogP contribution >= 0.6 is 0 Å². The smallest absolute Gasteiger partial charge is 0.154 e. The summed E-state index contributed by atoms with van der Waals surface area (Å²) < 4.78 is 20.6. The van der Waals surface area contributed by atoms with Crippen molar-refractivity contribution in [3.05, 3.63) is 18.1 Å². The zero-order chi connectivity index (χ0) is 12.7. The van der Waals surface area contributed by atoms with Gasteiger partial charge in [-0.3, -0.25) is 0 Å². The fourth-order valence-electron chi connectivity index (χ4n) is 2.24. The lowest BCUT2D eigenvalue weighted by atomic mass is 10.2. The molecule has 3 heterocycles. The molecule has 0 bridgehead atoms. The van der Waals surface area contributed by atoms with E-state index >= 15 is 0 Å². The molecular weight excluding hydrogens is 235 g/mol. The largest absolute Gasteiger partial charge is 0.376 e. The molecule has 1 aliphatic rings. The number of aryl methyl sites for hydroxylation is 2. The number of alkyl halides is 1. The van der Waals surface area contributed by atoms with E-state index in [4.69, 9.17) is 4.74 Å². The molecule has 1 saturated heterocycles. The maximum absolute atomic E-state index is 13.5. The number of nitrogens with zero attached hydrogens (tertiary/aromatic N) is 3. The molecule has 6 heteroatoms. The number of ether oxygens (including phenoxy) is 1. The second-order valence-corrected chi connectivity index (χ2v) is 4.61. The molecule has 96 valence electrons. The van der Waals surface area contributed by atoms with Crippen LogP contribution in [0.15, 0.2) is 12.4 Å². The van der Waals surface area contributed by atoms with Crippen molar-refractivity contribution in [2.24, 2.45) is 7.05 Å². The second-order valence-electron chi connectivity index (χ2n) is 4.61. The molecule has 2 unspecified atom stereocenters. The summed E-state index contributed by atoms with van der Waals surface area (Å²) in [5.41, 5.74) is 2.85. The van der Waals surface area contributed by atoms with E-state index in [0.29, 0.717) is 12.4 Å². The normalized spacial score (nSPS) is 23.7. The summed E-state index contributed by atoms with van der Waals surface area (Å²) in [7, 11) is 1.95. The highest BCUT2D eigenvalue weighted by Crippen LogP contribution is 2.24. The van der Waals surface area contributed by atoms with Crippen molar-refractivity contribution in [2.75, 3.05) is 18.5 Å². The van der Waals surface area contributed by atoms with Gasteiger partial charge in [0.25, 0.3) is 0 Å². The van der Waals surface area contributed by atoms with Gasteiger partial charge in [-0.05, 0) is 13.0 Å². The van der Waals surface area contributed by atoms with Crippen LogP contribution in [-0.2, 0) is 11.8 Å². The minimum absolute atomic E-state index is 0.151. The summed E-state index contributed by atoms with van der Waals surface area (Å²) in [4.78, 5) is 8.43. The molecule has 3 rings (SSSR count). The number of rotatable bonds is 2. The minimum Gasteiger partial charge on any atom is -0.376 e. The SMILES string of the molecule is Cc1cc2ncnc(NC3COCC3F)c2n1C. The fraction of sp³-hybridized carbons (Fsp3) is 0.500. The summed E-state index contributed by atoms with van der Waals surface area (Å²) in [6.45, 7) is 2.52. The highest BCUT2D eigenvalue weighted by molar-refractivity contribution is 5.87. The summed E-state index contributed by atoms with van der Waals surface area (Å²) >= 11 is 0. The highest BCUT2D eigenvalue weighted by Gasteiger charge is 2.28. The molecule has 5 nitrogen and oxygen atoms in total. The van der Waals surface area contributed by atoms with Gasteiger partial charge in [0.1, 0.15) is 18.0 Å².